The molecule has 0 unspecified atom stereocenters. The maximum Gasteiger partial charge on any atom is 0.0740 e. The number of benzene rings is 1. The predicted molar refractivity (Wildman–Crippen MR) is 101 cm³/mol. The third kappa shape index (κ3) is 3.58. The maximum absolute atomic E-state index is 6.61. The van der Waals surface area contributed by atoms with Crippen molar-refractivity contribution in [2.75, 3.05) is 19.6 Å². The monoisotopic (exact) mass is 343 g/mol. The normalized spacial score (nSPS) is 19.9. The Hall–Kier alpha value is -1.16. The quantitative estimate of drug-likeness (QED) is 0.883. The van der Waals surface area contributed by atoms with Gasteiger partial charge in [0.25, 0.3) is 0 Å². The van der Waals surface area contributed by atoms with Gasteiger partial charge in [-0.15, -0.1) is 0 Å². The van der Waals surface area contributed by atoms with Gasteiger partial charge in [-0.1, -0.05) is 29.8 Å². The summed E-state index contributed by atoms with van der Waals surface area (Å²) >= 11 is 6.61. The van der Waals surface area contributed by atoms with Crippen molar-refractivity contribution in [2.24, 2.45) is 5.92 Å². The fourth-order valence-corrected chi connectivity index (χ4v) is 3.89. The molecule has 4 heteroatoms. The highest BCUT2D eigenvalue weighted by Gasteiger charge is 2.25. The molecule has 1 saturated heterocycles. The Morgan fingerprint density at radius 1 is 1.17 bits per heavy atom. The lowest BCUT2D eigenvalue weighted by Gasteiger charge is -2.32. The minimum absolute atomic E-state index is 0.698. The Kier molecular flexibility index (Phi) is 4.75. The molecular weight excluding hydrogens is 318 g/mol. The molecule has 1 saturated carbocycles. The van der Waals surface area contributed by atoms with Crippen molar-refractivity contribution in [3.63, 3.8) is 0 Å². The lowest BCUT2D eigenvalue weighted by molar-refractivity contribution is 0.188. The van der Waals surface area contributed by atoms with Crippen LogP contribution in [0.15, 0.2) is 24.3 Å². The van der Waals surface area contributed by atoms with Gasteiger partial charge in [0, 0.05) is 31.1 Å². The molecule has 1 aromatic carbocycles. The molecule has 2 aromatic rings. The molecule has 1 aromatic heterocycles. The highest BCUT2D eigenvalue weighted by molar-refractivity contribution is 6.32. The van der Waals surface area contributed by atoms with E-state index in [1.54, 1.807) is 0 Å². The molecule has 24 heavy (non-hydrogen) atoms. The molecule has 2 fully saturated rings. The summed E-state index contributed by atoms with van der Waals surface area (Å²) in [7, 11) is 0. The molecule has 0 atom stereocenters. The van der Waals surface area contributed by atoms with E-state index in [2.05, 4.69) is 29.3 Å². The summed E-state index contributed by atoms with van der Waals surface area (Å²) in [5.41, 5.74) is 3.23. The number of hydrogen-bond donors (Lipinski definition) is 1. The Labute approximate surface area is 149 Å². The Morgan fingerprint density at radius 3 is 2.67 bits per heavy atom. The van der Waals surface area contributed by atoms with Gasteiger partial charge in [0.15, 0.2) is 0 Å². The molecule has 128 valence electrons. The highest BCUT2D eigenvalue weighted by Crippen LogP contribution is 2.29. The number of hydrogen-bond acceptors (Lipinski definition) is 3. The molecule has 1 aliphatic carbocycles. The minimum Gasteiger partial charge on any atom is -0.314 e. The Balaban J connectivity index is 1.40. The predicted octanol–water partition coefficient (Wildman–Crippen LogP) is 4.16. The van der Waals surface area contributed by atoms with E-state index in [-0.39, 0.29) is 0 Å². The van der Waals surface area contributed by atoms with E-state index in [0.29, 0.717) is 6.04 Å². The molecule has 1 N–H and O–H groups in total. The molecule has 3 nitrogen and oxygen atoms in total. The fourth-order valence-electron chi connectivity index (χ4n) is 3.68. The summed E-state index contributed by atoms with van der Waals surface area (Å²) in [6, 6.07) is 8.97. The third-order valence-electron chi connectivity index (χ3n) is 5.50. The van der Waals surface area contributed by atoms with E-state index in [9.17, 15) is 0 Å². The number of nitrogens with zero attached hydrogens (tertiary/aromatic N) is 2. The van der Waals surface area contributed by atoms with Crippen LogP contribution in [0.1, 0.15) is 36.9 Å². The average molecular weight is 344 g/mol. The molecule has 0 radical (unpaired) electrons. The number of para-hydroxylation sites is 1. The van der Waals surface area contributed by atoms with E-state index in [1.807, 2.05) is 12.1 Å². The third-order valence-corrected chi connectivity index (χ3v) is 6.00. The Morgan fingerprint density at radius 2 is 1.92 bits per heavy atom. The number of likely N-dealkylation sites (tertiary alicyclic amines) is 1. The van der Waals surface area contributed by atoms with Gasteiger partial charge in [-0.2, -0.15) is 0 Å². The number of rotatable bonds is 5. The first-order chi connectivity index (χ1) is 11.7. The number of halogens is 1. The molecule has 0 bridgehead atoms. The van der Waals surface area contributed by atoms with Crippen LogP contribution < -0.4 is 5.32 Å². The van der Waals surface area contributed by atoms with Crippen molar-refractivity contribution in [2.45, 2.75) is 45.2 Å². The summed E-state index contributed by atoms with van der Waals surface area (Å²) in [6.45, 7) is 6.45. The van der Waals surface area contributed by atoms with Crippen LogP contribution in [0.2, 0.25) is 5.02 Å². The van der Waals surface area contributed by atoms with E-state index < -0.39 is 0 Å². The number of aryl methyl sites for hydroxylation is 1. The van der Waals surface area contributed by atoms with Crippen LogP contribution in [0.25, 0.3) is 10.9 Å². The second-order valence-corrected chi connectivity index (χ2v) is 7.79. The van der Waals surface area contributed by atoms with Crippen molar-refractivity contribution in [1.29, 1.82) is 0 Å². The second-order valence-electron chi connectivity index (χ2n) is 7.42. The van der Waals surface area contributed by atoms with Gasteiger partial charge in [0.2, 0.25) is 0 Å². The van der Waals surface area contributed by atoms with Gasteiger partial charge in [0.1, 0.15) is 0 Å². The lowest BCUT2D eigenvalue weighted by atomic mass is 10.0. The summed E-state index contributed by atoms with van der Waals surface area (Å²) in [6.07, 6.45) is 5.32. The zero-order chi connectivity index (χ0) is 16.5. The molecular formula is C20H26ClN3. The number of piperidine rings is 1. The highest BCUT2D eigenvalue weighted by atomic mass is 35.5. The van der Waals surface area contributed by atoms with Crippen LogP contribution in [0.4, 0.5) is 0 Å². The van der Waals surface area contributed by atoms with Crippen molar-refractivity contribution in [3.8, 4) is 0 Å². The van der Waals surface area contributed by atoms with Crippen LogP contribution in [-0.2, 0) is 6.54 Å². The van der Waals surface area contributed by atoms with Gasteiger partial charge in [-0.3, -0.25) is 4.90 Å². The summed E-state index contributed by atoms with van der Waals surface area (Å²) < 4.78 is 0. The van der Waals surface area contributed by atoms with Crippen LogP contribution in [-0.4, -0.2) is 35.6 Å². The Bertz CT molecular complexity index is 718. The first-order valence-corrected chi connectivity index (χ1v) is 9.58. The average Bonchev–Trinajstić information content (AvgIpc) is 3.43. The van der Waals surface area contributed by atoms with E-state index in [0.717, 1.165) is 52.7 Å². The van der Waals surface area contributed by atoms with Crippen LogP contribution in [0, 0.1) is 12.8 Å². The van der Waals surface area contributed by atoms with E-state index >= 15 is 0 Å². The van der Waals surface area contributed by atoms with Crippen LogP contribution in [0.5, 0.6) is 0 Å². The van der Waals surface area contributed by atoms with Gasteiger partial charge >= 0.3 is 0 Å². The molecule has 0 spiro atoms. The minimum atomic E-state index is 0.698. The molecule has 1 aliphatic heterocycles. The molecule has 0 amide bonds. The van der Waals surface area contributed by atoms with Crippen molar-refractivity contribution >= 4 is 22.5 Å². The molecule has 2 aliphatic rings. The topological polar surface area (TPSA) is 28.2 Å². The van der Waals surface area contributed by atoms with Gasteiger partial charge in [-0.25, -0.2) is 4.98 Å². The standard InChI is InChI=1S/C20H26ClN3/c1-14-17-4-2-3-5-18(17)23-19(20(14)21)13-24-10-8-16(9-11-24)22-12-15-6-7-15/h2-5,15-16,22H,6-13H2,1H3. The first-order valence-electron chi connectivity index (χ1n) is 9.20. The summed E-state index contributed by atoms with van der Waals surface area (Å²) in [4.78, 5) is 7.33. The zero-order valence-electron chi connectivity index (χ0n) is 14.4. The number of fused-ring (bicyclic) bond motifs is 1. The smallest absolute Gasteiger partial charge is 0.0740 e. The zero-order valence-corrected chi connectivity index (χ0v) is 15.1. The lowest BCUT2D eigenvalue weighted by Crippen LogP contribution is -2.42. The maximum atomic E-state index is 6.61. The first kappa shape index (κ1) is 16.3. The van der Waals surface area contributed by atoms with Crippen LogP contribution >= 0.6 is 11.6 Å². The van der Waals surface area contributed by atoms with Crippen molar-refractivity contribution in [1.82, 2.24) is 15.2 Å². The van der Waals surface area contributed by atoms with Crippen molar-refractivity contribution < 1.29 is 0 Å². The van der Waals surface area contributed by atoms with E-state index in [1.165, 1.54) is 32.2 Å². The van der Waals surface area contributed by atoms with Gasteiger partial charge in [0.05, 0.1) is 16.2 Å². The number of aromatic nitrogens is 1. The largest absolute Gasteiger partial charge is 0.314 e. The fraction of sp³-hybridized carbons (Fsp3) is 0.550. The van der Waals surface area contributed by atoms with Gasteiger partial charge < -0.3 is 5.32 Å². The molecule has 4 rings (SSSR count). The van der Waals surface area contributed by atoms with Gasteiger partial charge in [-0.05, 0) is 56.7 Å². The second kappa shape index (κ2) is 6.99. The van der Waals surface area contributed by atoms with E-state index in [4.69, 9.17) is 16.6 Å². The SMILES string of the molecule is Cc1c(Cl)c(CN2CCC(NCC3CC3)CC2)nc2ccccc12. The molecule has 2 heterocycles. The number of nitrogens with one attached hydrogen (secondary N) is 1. The summed E-state index contributed by atoms with van der Waals surface area (Å²) in [5.74, 6) is 0.964. The number of pyridine rings is 1. The summed E-state index contributed by atoms with van der Waals surface area (Å²) in [5, 5.41) is 5.74. The van der Waals surface area contributed by atoms with Crippen molar-refractivity contribution in [3.05, 3.63) is 40.5 Å². The van der Waals surface area contributed by atoms with Crippen LogP contribution in [0.3, 0.4) is 0 Å².